The van der Waals surface area contributed by atoms with Crippen LogP contribution in [-0.2, 0) is 11.2 Å². The zero-order chi connectivity index (χ0) is 20.7. The first-order chi connectivity index (χ1) is 13.3. The smallest absolute Gasteiger partial charge is 0.379 e. The van der Waals surface area contributed by atoms with E-state index >= 15 is 0 Å². The van der Waals surface area contributed by atoms with Crippen LogP contribution in [0.2, 0.25) is 0 Å². The summed E-state index contributed by atoms with van der Waals surface area (Å²) in [5.74, 6) is -0.121. The molecule has 1 unspecified atom stereocenters. The summed E-state index contributed by atoms with van der Waals surface area (Å²) in [5.41, 5.74) is 5.93. The van der Waals surface area contributed by atoms with Gasteiger partial charge in [-0.25, -0.2) is 4.79 Å². The second kappa shape index (κ2) is 9.70. The number of carbonyl (C=O) groups is 2. The van der Waals surface area contributed by atoms with Crippen molar-refractivity contribution >= 4 is 17.7 Å². The van der Waals surface area contributed by atoms with Crippen LogP contribution in [0.3, 0.4) is 0 Å². The van der Waals surface area contributed by atoms with Crippen LogP contribution in [0.25, 0.3) is 0 Å². The fourth-order valence-electron chi connectivity index (χ4n) is 2.43. The van der Waals surface area contributed by atoms with Gasteiger partial charge in [0.25, 0.3) is 0 Å². The Balaban J connectivity index is 1.89. The van der Waals surface area contributed by atoms with Crippen LogP contribution >= 0.6 is 0 Å². The number of hydrogen-bond donors (Lipinski definition) is 3. The van der Waals surface area contributed by atoms with Gasteiger partial charge in [-0.2, -0.15) is 0 Å². The van der Waals surface area contributed by atoms with Crippen LogP contribution in [0.5, 0.6) is 5.75 Å². The van der Waals surface area contributed by atoms with E-state index in [1.165, 1.54) is 6.07 Å². The summed E-state index contributed by atoms with van der Waals surface area (Å²) in [7, 11) is 3.88. The molecule has 150 valence electrons. The van der Waals surface area contributed by atoms with E-state index < -0.39 is 5.97 Å². The number of nitrogens with two attached hydrogens (primary N) is 1. The third kappa shape index (κ3) is 6.24. The minimum atomic E-state index is -0.634. The lowest BCUT2D eigenvalue weighted by molar-refractivity contribution is -0.124. The first-order valence-corrected chi connectivity index (χ1v) is 8.94. The second-order valence-electron chi connectivity index (χ2n) is 6.79. The number of carbonyl (C=O) groups excluding carboxylic acids is 2. The van der Waals surface area contributed by atoms with Crippen molar-refractivity contribution in [2.24, 2.45) is 11.7 Å². The number of hydrogen-bond acceptors (Lipinski definition) is 6. The molecule has 8 nitrogen and oxygen atoms in total. The highest BCUT2D eigenvalue weighted by Gasteiger charge is 2.18. The third-order valence-electron chi connectivity index (χ3n) is 4.05. The number of rotatable bonds is 9. The number of amides is 1. The average molecular weight is 386 g/mol. The molecule has 8 heteroatoms. The van der Waals surface area contributed by atoms with Crippen LogP contribution in [0.1, 0.15) is 28.8 Å². The van der Waals surface area contributed by atoms with Gasteiger partial charge in [-0.05, 0) is 50.5 Å². The number of ether oxygens (including phenoxy) is 1. The van der Waals surface area contributed by atoms with E-state index in [1.54, 1.807) is 30.3 Å². The van der Waals surface area contributed by atoms with Gasteiger partial charge in [0.05, 0.1) is 0 Å². The lowest BCUT2D eigenvalue weighted by atomic mass is 10.1. The predicted molar refractivity (Wildman–Crippen MR) is 106 cm³/mol. The van der Waals surface area contributed by atoms with Crippen LogP contribution in [0.15, 0.2) is 40.8 Å². The average Bonchev–Trinajstić information content (AvgIpc) is 3.10. The first kappa shape index (κ1) is 21.2. The second-order valence-corrected chi connectivity index (χ2v) is 6.79. The van der Waals surface area contributed by atoms with E-state index in [-0.39, 0.29) is 23.4 Å². The lowest BCUT2D eigenvalue weighted by Crippen LogP contribution is -2.35. The van der Waals surface area contributed by atoms with Crippen molar-refractivity contribution in [2.45, 2.75) is 13.3 Å². The number of nitrogen functional groups attached to an aromatic ring is 1. The van der Waals surface area contributed by atoms with E-state index in [9.17, 15) is 9.59 Å². The van der Waals surface area contributed by atoms with Gasteiger partial charge in [-0.15, -0.1) is 0 Å². The summed E-state index contributed by atoms with van der Waals surface area (Å²) < 4.78 is 10.8. The highest BCUT2D eigenvalue weighted by atomic mass is 16.5. The summed E-state index contributed by atoms with van der Waals surface area (Å²) in [4.78, 5) is 26.3. The SMILES string of the molecule is CC(Cc1ccc(C(=O)Oc2ccc(C(=N)N)cc2)o1)C(=O)NCCN(C)C. The zero-order valence-electron chi connectivity index (χ0n) is 16.3. The predicted octanol–water partition coefficient (Wildman–Crippen LogP) is 1.64. The molecule has 0 fully saturated rings. The van der Waals surface area contributed by atoms with Crippen LogP contribution in [0, 0.1) is 11.3 Å². The van der Waals surface area contributed by atoms with Gasteiger partial charge in [0, 0.05) is 31.0 Å². The Bertz CT molecular complexity index is 827. The molecule has 0 spiro atoms. The Morgan fingerprint density at radius 3 is 2.50 bits per heavy atom. The van der Waals surface area contributed by atoms with Gasteiger partial charge < -0.3 is 25.1 Å². The monoisotopic (exact) mass is 386 g/mol. The molecule has 1 aromatic carbocycles. The van der Waals surface area contributed by atoms with Gasteiger partial charge >= 0.3 is 5.97 Å². The molecule has 0 saturated heterocycles. The maximum Gasteiger partial charge on any atom is 0.379 e. The molecule has 28 heavy (non-hydrogen) atoms. The van der Waals surface area contributed by atoms with Gasteiger partial charge in [0.15, 0.2) is 0 Å². The molecule has 1 aromatic heterocycles. The standard InChI is InChI=1S/C20H26N4O4/c1-13(19(25)23-10-11-24(2)3)12-16-8-9-17(27-16)20(26)28-15-6-4-14(5-7-15)18(21)22/h4-9,13H,10-12H2,1-3H3,(H3,21,22)(H,23,25). The summed E-state index contributed by atoms with van der Waals surface area (Å²) in [6.07, 6.45) is 0.383. The van der Waals surface area contributed by atoms with E-state index in [0.29, 0.717) is 30.0 Å². The van der Waals surface area contributed by atoms with Crippen LogP contribution < -0.4 is 15.8 Å². The van der Waals surface area contributed by atoms with Gasteiger partial charge in [0.1, 0.15) is 17.3 Å². The number of likely N-dealkylation sites (N-methyl/N-ethyl adjacent to an activating group) is 1. The molecule has 0 radical (unpaired) electrons. The minimum absolute atomic E-state index is 0.0610. The number of furan rings is 1. The van der Waals surface area contributed by atoms with Crippen molar-refractivity contribution < 1.29 is 18.7 Å². The molecule has 0 bridgehead atoms. The third-order valence-corrected chi connectivity index (χ3v) is 4.05. The fraction of sp³-hybridized carbons (Fsp3) is 0.350. The quantitative estimate of drug-likeness (QED) is 0.261. The zero-order valence-corrected chi connectivity index (χ0v) is 16.3. The van der Waals surface area contributed by atoms with Crippen molar-refractivity contribution in [3.05, 3.63) is 53.5 Å². The Hall–Kier alpha value is -3.13. The van der Waals surface area contributed by atoms with Crippen LogP contribution in [-0.4, -0.2) is 49.8 Å². The number of amidine groups is 1. The maximum absolute atomic E-state index is 12.2. The molecule has 1 amide bonds. The molecule has 0 aliphatic carbocycles. The molecule has 1 atom stereocenters. The van der Waals surface area contributed by atoms with Gasteiger partial charge in [-0.3, -0.25) is 10.2 Å². The van der Waals surface area contributed by atoms with Crippen molar-refractivity contribution in [3.8, 4) is 5.75 Å². The summed E-state index contributed by atoms with van der Waals surface area (Å²) in [6, 6.07) is 9.48. The normalized spacial score (nSPS) is 11.9. The number of esters is 1. The highest BCUT2D eigenvalue weighted by Crippen LogP contribution is 2.17. The van der Waals surface area contributed by atoms with Gasteiger partial charge in [0.2, 0.25) is 11.7 Å². The summed E-state index contributed by atoms with van der Waals surface area (Å²) >= 11 is 0. The number of benzene rings is 1. The Morgan fingerprint density at radius 2 is 1.89 bits per heavy atom. The largest absolute Gasteiger partial charge is 0.454 e. The van der Waals surface area contributed by atoms with E-state index in [2.05, 4.69) is 5.32 Å². The van der Waals surface area contributed by atoms with Crippen LogP contribution in [0.4, 0.5) is 0 Å². The minimum Gasteiger partial charge on any atom is -0.454 e. The number of nitrogens with one attached hydrogen (secondary N) is 2. The lowest BCUT2D eigenvalue weighted by Gasteiger charge is -2.13. The van der Waals surface area contributed by atoms with Crippen molar-refractivity contribution in [1.82, 2.24) is 10.2 Å². The molecule has 2 rings (SSSR count). The molecule has 0 aliphatic heterocycles. The first-order valence-electron chi connectivity index (χ1n) is 8.94. The summed E-state index contributed by atoms with van der Waals surface area (Å²) in [6.45, 7) is 3.15. The molecule has 2 aromatic rings. The molecular formula is C20H26N4O4. The maximum atomic E-state index is 12.2. The van der Waals surface area contributed by atoms with E-state index in [0.717, 1.165) is 6.54 Å². The fourth-order valence-corrected chi connectivity index (χ4v) is 2.43. The topological polar surface area (TPSA) is 122 Å². The molecule has 0 saturated carbocycles. The number of nitrogens with zero attached hydrogens (tertiary/aromatic N) is 1. The Kier molecular flexibility index (Phi) is 7.34. The molecule has 1 heterocycles. The van der Waals surface area contributed by atoms with Crippen molar-refractivity contribution in [1.29, 1.82) is 5.41 Å². The Labute approximate surface area is 164 Å². The van der Waals surface area contributed by atoms with E-state index in [1.807, 2.05) is 25.9 Å². The Morgan fingerprint density at radius 1 is 1.21 bits per heavy atom. The molecule has 0 aliphatic rings. The highest BCUT2D eigenvalue weighted by molar-refractivity contribution is 5.95. The van der Waals surface area contributed by atoms with Crippen molar-refractivity contribution in [3.63, 3.8) is 0 Å². The summed E-state index contributed by atoms with van der Waals surface area (Å²) in [5, 5.41) is 10.2. The van der Waals surface area contributed by atoms with Gasteiger partial charge in [-0.1, -0.05) is 6.92 Å². The van der Waals surface area contributed by atoms with E-state index in [4.69, 9.17) is 20.3 Å². The van der Waals surface area contributed by atoms with Crippen molar-refractivity contribution in [2.75, 3.05) is 27.2 Å². The molecular weight excluding hydrogens is 360 g/mol. The molecule has 4 N–H and O–H groups in total.